The SMILES string of the molecule is C#CCOCCOCCOCCNc1nc(N2CCN(C(=O)[C@H](CCCC[NH3+])n3cc(CCC(=O)O)nn3)CC2)nc(N2CCN(C(=O)[C@H](CCCC[NH3+])n3cc(CC(C)O)nn3)CC2)n1.[Cl-]. The lowest BCUT2D eigenvalue weighted by Gasteiger charge is -2.38. The third-order valence-corrected chi connectivity index (χ3v) is 11.2. The molecule has 0 saturated carbocycles. The Balaban J connectivity index is 0.00000980. The normalized spacial score (nSPS) is 15.4. The number of anilines is 3. The van der Waals surface area contributed by atoms with Gasteiger partial charge in [-0.15, -0.1) is 16.6 Å². The molecule has 2 aliphatic rings. The van der Waals surface area contributed by atoms with Crippen molar-refractivity contribution in [2.45, 2.75) is 82.9 Å². The fourth-order valence-electron chi connectivity index (χ4n) is 7.64. The van der Waals surface area contributed by atoms with Gasteiger partial charge in [0.05, 0.1) is 70.0 Å². The predicted molar refractivity (Wildman–Crippen MR) is 240 cm³/mol. The van der Waals surface area contributed by atoms with E-state index in [1.807, 2.05) is 19.6 Å². The van der Waals surface area contributed by atoms with Crippen molar-refractivity contribution < 1.29 is 62.7 Å². The zero-order valence-corrected chi connectivity index (χ0v) is 39.6. The fraction of sp³-hybridized carbons (Fsp3) is 0.714. The molecule has 1 unspecified atom stereocenters. The molecule has 2 fully saturated rings. The van der Waals surface area contributed by atoms with Crippen LogP contribution in [0.1, 0.15) is 75.3 Å². The Labute approximate surface area is 397 Å². The van der Waals surface area contributed by atoms with Crippen LogP contribution in [-0.4, -0.2) is 200 Å². The number of amides is 2. The van der Waals surface area contributed by atoms with E-state index in [0.29, 0.717) is 140 Å². The molecule has 0 radical (unpaired) electrons. The number of rotatable bonds is 30. The molecule has 372 valence electrons. The van der Waals surface area contributed by atoms with Gasteiger partial charge in [0.15, 0.2) is 0 Å². The first-order valence-corrected chi connectivity index (χ1v) is 23.1. The zero-order chi connectivity index (χ0) is 47.1. The third kappa shape index (κ3) is 17.7. The van der Waals surface area contributed by atoms with E-state index in [2.05, 4.69) is 43.3 Å². The number of carbonyl (C=O) groups is 3. The number of carbonyl (C=O) groups excluding carboxylic acids is 2. The molecule has 2 aliphatic heterocycles. The van der Waals surface area contributed by atoms with Gasteiger partial charge in [0.1, 0.15) is 18.7 Å². The molecule has 2 amide bonds. The average molecular weight is 963 g/mol. The van der Waals surface area contributed by atoms with Gasteiger partial charge in [0, 0.05) is 84.1 Å². The number of aromatic nitrogens is 9. The minimum absolute atomic E-state index is 0. The molecule has 24 nitrogen and oxygen atoms in total. The quantitative estimate of drug-likeness (QED) is 0.0308. The molecule has 0 aliphatic carbocycles. The first-order valence-electron chi connectivity index (χ1n) is 23.1. The first kappa shape index (κ1) is 54.3. The van der Waals surface area contributed by atoms with Crippen LogP contribution in [0.2, 0.25) is 0 Å². The summed E-state index contributed by atoms with van der Waals surface area (Å²) in [6.45, 7) is 9.54. The molecule has 2 saturated heterocycles. The van der Waals surface area contributed by atoms with Crippen LogP contribution >= 0.6 is 0 Å². The second kappa shape index (κ2) is 29.5. The highest BCUT2D eigenvalue weighted by atomic mass is 35.5. The fourth-order valence-corrected chi connectivity index (χ4v) is 7.64. The van der Waals surface area contributed by atoms with Crippen LogP contribution in [0.15, 0.2) is 12.4 Å². The number of unbranched alkanes of at least 4 members (excludes halogenated alkanes) is 2. The molecule has 25 heteroatoms. The molecule has 9 N–H and O–H groups in total. The van der Waals surface area contributed by atoms with Crippen LogP contribution < -0.4 is 39.0 Å². The highest BCUT2D eigenvalue weighted by Crippen LogP contribution is 2.24. The average Bonchev–Trinajstić information content (AvgIpc) is 3.99. The Morgan fingerprint density at radius 2 is 1.24 bits per heavy atom. The summed E-state index contributed by atoms with van der Waals surface area (Å²) in [5.74, 6) is 2.69. The topological polar surface area (TPSA) is 300 Å². The number of piperazine rings is 2. The maximum Gasteiger partial charge on any atom is 0.303 e. The number of aliphatic carboxylic acids is 1. The van der Waals surface area contributed by atoms with Gasteiger partial charge in [0.2, 0.25) is 29.7 Å². The number of nitrogens with one attached hydrogen (secondary N) is 1. The van der Waals surface area contributed by atoms with E-state index in [9.17, 15) is 19.5 Å². The summed E-state index contributed by atoms with van der Waals surface area (Å²) in [4.78, 5) is 61.7. The lowest BCUT2D eigenvalue weighted by atomic mass is 10.1. The Morgan fingerprint density at radius 1 is 0.746 bits per heavy atom. The summed E-state index contributed by atoms with van der Waals surface area (Å²) in [6.07, 6.45) is 13.1. The number of carboxylic acid groups (broad SMARTS) is 1. The van der Waals surface area contributed by atoms with Crippen molar-refractivity contribution in [3.63, 3.8) is 0 Å². The molecule has 0 bridgehead atoms. The molecule has 3 aromatic rings. The summed E-state index contributed by atoms with van der Waals surface area (Å²) in [5.41, 5.74) is 9.06. The number of carboxylic acids is 1. The number of halogens is 1. The summed E-state index contributed by atoms with van der Waals surface area (Å²) < 4.78 is 19.7. The summed E-state index contributed by atoms with van der Waals surface area (Å²) in [7, 11) is 0. The molecular formula is C42H70ClN16O8+. The van der Waals surface area contributed by atoms with E-state index >= 15 is 0 Å². The van der Waals surface area contributed by atoms with Gasteiger partial charge in [-0.3, -0.25) is 14.4 Å². The van der Waals surface area contributed by atoms with Gasteiger partial charge >= 0.3 is 5.97 Å². The lowest BCUT2D eigenvalue weighted by Crippen LogP contribution is -3.00. The molecule has 5 heterocycles. The highest BCUT2D eigenvalue weighted by molar-refractivity contribution is 5.81. The van der Waals surface area contributed by atoms with Crippen LogP contribution in [0.5, 0.6) is 0 Å². The number of hydrogen-bond donors (Lipinski definition) is 5. The van der Waals surface area contributed by atoms with Crippen molar-refractivity contribution in [1.82, 2.24) is 54.7 Å². The van der Waals surface area contributed by atoms with Gasteiger partial charge in [-0.25, -0.2) is 9.36 Å². The highest BCUT2D eigenvalue weighted by Gasteiger charge is 2.33. The van der Waals surface area contributed by atoms with E-state index in [1.165, 1.54) is 0 Å². The molecule has 67 heavy (non-hydrogen) atoms. The minimum Gasteiger partial charge on any atom is -1.00 e. The van der Waals surface area contributed by atoms with Gasteiger partial charge in [0.25, 0.3) is 0 Å². The van der Waals surface area contributed by atoms with E-state index in [0.717, 1.165) is 38.8 Å². The molecule has 0 spiro atoms. The van der Waals surface area contributed by atoms with E-state index in [-0.39, 0.29) is 43.7 Å². The van der Waals surface area contributed by atoms with Crippen molar-refractivity contribution in [3.8, 4) is 12.3 Å². The van der Waals surface area contributed by atoms with Crippen LogP contribution in [0.3, 0.4) is 0 Å². The van der Waals surface area contributed by atoms with Crippen molar-refractivity contribution in [3.05, 3.63) is 23.8 Å². The number of aliphatic hydroxyl groups is 1. The minimum atomic E-state index is -0.923. The largest absolute Gasteiger partial charge is 1.00 e. The molecule has 3 atom stereocenters. The lowest BCUT2D eigenvalue weighted by molar-refractivity contribution is -0.369. The van der Waals surface area contributed by atoms with Crippen LogP contribution in [0, 0.1) is 12.3 Å². The number of ether oxygens (including phenoxy) is 3. The van der Waals surface area contributed by atoms with Crippen LogP contribution in [-0.2, 0) is 41.4 Å². The monoisotopic (exact) mass is 962 g/mol. The Bertz CT molecular complexity index is 1970. The van der Waals surface area contributed by atoms with Crippen molar-refractivity contribution >= 4 is 35.6 Å². The first-order chi connectivity index (χ1) is 32.1. The third-order valence-electron chi connectivity index (χ3n) is 11.2. The van der Waals surface area contributed by atoms with Gasteiger partial charge in [-0.1, -0.05) is 16.3 Å². The zero-order valence-electron chi connectivity index (χ0n) is 38.8. The molecule has 0 aromatic carbocycles. The molecule has 5 rings (SSSR count). The summed E-state index contributed by atoms with van der Waals surface area (Å²) in [5, 5.41) is 39.2. The Hall–Kier alpha value is -5.29. The second-order valence-corrected chi connectivity index (χ2v) is 16.3. The van der Waals surface area contributed by atoms with E-state index in [4.69, 9.17) is 40.7 Å². The van der Waals surface area contributed by atoms with E-state index < -0.39 is 24.2 Å². The number of aliphatic hydroxyl groups excluding tert-OH is 1. The Kier molecular flexibility index (Phi) is 23.9. The maximum absolute atomic E-state index is 14.1. The number of aryl methyl sites for hydroxylation is 1. The molecule has 3 aromatic heterocycles. The predicted octanol–water partition coefficient (Wildman–Crippen LogP) is -5.30. The maximum atomic E-state index is 14.1. The van der Waals surface area contributed by atoms with Crippen LogP contribution in [0.4, 0.5) is 17.8 Å². The number of terminal acetylenes is 1. The molecular weight excluding hydrogens is 892 g/mol. The summed E-state index contributed by atoms with van der Waals surface area (Å²) in [6, 6.07) is -1.10. The second-order valence-electron chi connectivity index (χ2n) is 16.3. The van der Waals surface area contributed by atoms with Crippen LogP contribution in [0.25, 0.3) is 0 Å². The standard InChI is InChI=1S/C42H68N16O8.ClH/c1-3-23-64-25-27-66-28-26-65-24-14-45-40-46-41(55-19-15-53(16-20-55)38(62)35(8-4-6-12-43)57-30-33(49-51-57)10-11-37(60)61)48-42(47-40)56-21-17-54(18-22-56)39(63)36(9-5-7-13-44)58-31-34(50-52-58)29-32(2)59;/h1,30-32,35-36,59H,4-29,43-44H2,2H3,(H,60,61)(H,45,46,47,48);1H/p+1/t32?,35-,36-;/m0./s1. The number of nitrogens with zero attached hydrogens (tertiary/aromatic N) is 13. The van der Waals surface area contributed by atoms with Gasteiger partial charge < -0.3 is 73.2 Å². The summed E-state index contributed by atoms with van der Waals surface area (Å²) >= 11 is 0. The number of quaternary nitrogens is 2. The van der Waals surface area contributed by atoms with Gasteiger partial charge in [-0.2, -0.15) is 15.0 Å². The van der Waals surface area contributed by atoms with E-state index in [1.54, 1.807) is 28.7 Å². The smallest absolute Gasteiger partial charge is 0.303 e. The van der Waals surface area contributed by atoms with Crippen molar-refractivity contribution in [2.75, 3.05) is 127 Å². The van der Waals surface area contributed by atoms with Gasteiger partial charge in [-0.05, 0) is 45.4 Å². The van der Waals surface area contributed by atoms with Crippen molar-refractivity contribution in [2.24, 2.45) is 0 Å². The number of hydrogen-bond acceptors (Lipinski definition) is 17. The van der Waals surface area contributed by atoms with Crippen molar-refractivity contribution in [1.29, 1.82) is 0 Å². The Morgan fingerprint density at radius 3 is 1.73 bits per heavy atom.